The number of aryl methyl sites for hydroxylation is 1. The molecule has 6 heteroatoms. The molecule has 1 rings (SSSR count). The average molecular weight is 251 g/mol. The molecule has 0 aliphatic heterocycles. The number of nitrogens with zero attached hydrogens (tertiary/aromatic N) is 3. The van der Waals surface area contributed by atoms with E-state index >= 15 is 0 Å². The fraction of sp³-hybridized carbons (Fsp3) is 0.583. The van der Waals surface area contributed by atoms with Crippen molar-refractivity contribution in [3.8, 4) is 0 Å². The van der Waals surface area contributed by atoms with E-state index in [9.17, 15) is 4.79 Å². The van der Waals surface area contributed by atoms with Gasteiger partial charge in [0, 0.05) is 18.7 Å². The number of anilines is 2. The van der Waals surface area contributed by atoms with Crippen molar-refractivity contribution in [1.29, 1.82) is 0 Å². The minimum Gasteiger partial charge on any atom is -0.370 e. The first-order chi connectivity index (χ1) is 8.43. The highest BCUT2D eigenvalue weighted by atomic mass is 16.1. The largest absolute Gasteiger partial charge is 0.370 e. The summed E-state index contributed by atoms with van der Waals surface area (Å²) < 4.78 is 0. The first-order valence-electron chi connectivity index (χ1n) is 6.08. The summed E-state index contributed by atoms with van der Waals surface area (Å²) in [6.45, 7) is 8.75. The number of hydrogen-bond donors (Lipinski definition) is 2. The van der Waals surface area contributed by atoms with E-state index < -0.39 is 0 Å². The third-order valence-corrected chi connectivity index (χ3v) is 2.43. The summed E-state index contributed by atoms with van der Waals surface area (Å²) in [5, 5.41) is 3.14. The van der Waals surface area contributed by atoms with Crippen LogP contribution in [0.4, 0.5) is 11.6 Å². The third-order valence-electron chi connectivity index (χ3n) is 2.43. The van der Waals surface area contributed by atoms with Crippen LogP contribution in [0.3, 0.4) is 0 Å². The molecule has 0 spiro atoms. The van der Waals surface area contributed by atoms with Gasteiger partial charge in [0.05, 0.1) is 6.54 Å². The molecule has 1 aromatic rings. The van der Waals surface area contributed by atoms with Gasteiger partial charge in [-0.3, -0.25) is 4.79 Å². The number of nitrogens with one attached hydrogen (secondary N) is 1. The van der Waals surface area contributed by atoms with Crippen LogP contribution in [-0.4, -0.2) is 35.0 Å². The summed E-state index contributed by atoms with van der Waals surface area (Å²) in [7, 11) is 0. The highest BCUT2D eigenvalue weighted by Crippen LogP contribution is 2.17. The molecule has 0 aliphatic rings. The van der Waals surface area contributed by atoms with Crippen LogP contribution in [-0.2, 0) is 4.79 Å². The number of nitrogens with two attached hydrogens (primary N) is 1. The second kappa shape index (κ2) is 6.18. The topological polar surface area (TPSA) is 84.1 Å². The van der Waals surface area contributed by atoms with Crippen LogP contribution in [0.15, 0.2) is 6.07 Å². The lowest BCUT2D eigenvalue weighted by Gasteiger charge is -2.26. The van der Waals surface area contributed by atoms with E-state index in [2.05, 4.69) is 15.3 Å². The fourth-order valence-corrected chi connectivity index (χ4v) is 1.67. The zero-order valence-corrected chi connectivity index (χ0v) is 11.4. The molecule has 0 radical (unpaired) electrons. The SMILES string of the molecule is CCNc1cc(N(CC(N)=O)C(C)C)nc(C)n1. The molecule has 1 heterocycles. The summed E-state index contributed by atoms with van der Waals surface area (Å²) in [4.78, 5) is 21.6. The molecule has 0 bridgehead atoms. The maximum absolute atomic E-state index is 11.1. The van der Waals surface area contributed by atoms with Gasteiger partial charge in [0.1, 0.15) is 17.5 Å². The summed E-state index contributed by atoms with van der Waals surface area (Å²) >= 11 is 0. The molecular weight excluding hydrogens is 230 g/mol. The minimum atomic E-state index is -0.370. The standard InChI is InChI=1S/C12H21N5O/c1-5-14-11-6-12(16-9(4)15-11)17(8(2)3)7-10(13)18/h6,8H,5,7H2,1-4H3,(H2,13,18)(H,14,15,16). The molecule has 0 saturated carbocycles. The van der Waals surface area contributed by atoms with Gasteiger partial charge in [-0.2, -0.15) is 0 Å². The molecule has 0 saturated heterocycles. The number of carbonyl (C=O) groups is 1. The number of aromatic nitrogens is 2. The van der Waals surface area contributed by atoms with Crippen molar-refractivity contribution < 1.29 is 4.79 Å². The van der Waals surface area contributed by atoms with Gasteiger partial charge in [0.25, 0.3) is 0 Å². The van der Waals surface area contributed by atoms with E-state index in [1.807, 2.05) is 38.7 Å². The second-order valence-corrected chi connectivity index (χ2v) is 4.38. The Morgan fingerprint density at radius 3 is 2.67 bits per heavy atom. The van der Waals surface area contributed by atoms with Gasteiger partial charge in [-0.05, 0) is 27.7 Å². The van der Waals surface area contributed by atoms with E-state index in [1.54, 1.807) is 0 Å². The highest BCUT2D eigenvalue weighted by molar-refractivity contribution is 5.79. The molecular formula is C12H21N5O. The molecule has 100 valence electrons. The summed E-state index contributed by atoms with van der Waals surface area (Å²) in [5.41, 5.74) is 5.26. The van der Waals surface area contributed by atoms with Crippen molar-refractivity contribution in [1.82, 2.24) is 9.97 Å². The van der Waals surface area contributed by atoms with Crippen LogP contribution in [0.2, 0.25) is 0 Å². The lowest BCUT2D eigenvalue weighted by Crippen LogP contribution is -2.39. The van der Waals surface area contributed by atoms with Gasteiger partial charge >= 0.3 is 0 Å². The summed E-state index contributed by atoms with van der Waals surface area (Å²) in [5.74, 6) is 1.77. The first-order valence-corrected chi connectivity index (χ1v) is 6.08. The lowest BCUT2D eigenvalue weighted by atomic mass is 10.3. The zero-order chi connectivity index (χ0) is 13.7. The van der Waals surface area contributed by atoms with E-state index in [0.717, 1.165) is 12.4 Å². The summed E-state index contributed by atoms with van der Waals surface area (Å²) in [6, 6.07) is 1.97. The lowest BCUT2D eigenvalue weighted by molar-refractivity contribution is -0.116. The number of amides is 1. The van der Waals surface area contributed by atoms with E-state index in [1.165, 1.54) is 0 Å². The van der Waals surface area contributed by atoms with Crippen molar-refractivity contribution in [2.75, 3.05) is 23.3 Å². The minimum absolute atomic E-state index is 0.140. The fourth-order valence-electron chi connectivity index (χ4n) is 1.67. The molecule has 18 heavy (non-hydrogen) atoms. The Hall–Kier alpha value is -1.85. The molecule has 3 N–H and O–H groups in total. The van der Waals surface area contributed by atoms with Crippen LogP contribution in [0.5, 0.6) is 0 Å². The van der Waals surface area contributed by atoms with Crippen LogP contribution < -0.4 is 16.0 Å². The Morgan fingerprint density at radius 1 is 1.50 bits per heavy atom. The highest BCUT2D eigenvalue weighted by Gasteiger charge is 2.15. The maximum Gasteiger partial charge on any atom is 0.237 e. The molecule has 1 amide bonds. The number of rotatable bonds is 6. The number of carbonyl (C=O) groups excluding carboxylic acids is 1. The summed E-state index contributed by atoms with van der Waals surface area (Å²) in [6.07, 6.45) is 0. The Balaban J connectivity index is 3.06. The number of primary amides is 1. The first kappa shape index (κ1) is 14.2. The Kier molecular flexibility index (Phi) is 4.88. The maximum atomic E-state index is 11.1. The Labute approximate surface area is 108 Å². The predicted molar refractivity (Wildman–Crippen MR) is 72.6 cm³/mol. The molecule has 0 fully saturated rings. The van der Waals surface area contributed by atoms with E-state index in [4.69, 9.17) is 5.73 Å². The van der Waals surface area contributed by atoms with Gasteiger partial charge in [-0.1, -0.05) is 0 Å². The Morgan fingerprint density at radius 2 is 2.17 bits per heavy atom. The van der Waals surface area contributed by atoms with E-state index in [-0.39, 0.29) is 18.5 Å². The number of hydrogen-bond acceptors (Lipinski definition) is 5. The van der Waals surface area contributed by atoms with Gasteiger partial charge in [0.15, 0.2) is 0 Å². The zero-order valence-electron chi connectivity index (χ0n) is 11.4. The van der Waals surface area contributed by atoms with Crippen molar-refractivity contribution >= 4 is 17.5 Å². The van der Waals surface area contributed by atoms with E-state index in [0.29, 0.717) is 11.6 Å². The molecule has 0 aromatic carbocycles. The van der Waals surface area contributed by atoms with Gasteiger partial charge in [0.2, 0.25) is 5.91 Å². The smallest absolute Gasteiger partial charge is 0.237 e. The Bertz CT molecular complexity index is 419. The van der Waals surface area contributed by atoms with Gasteiger partial charge in [-0.25, -0.2) is 9.97 Å². The third kappa shape index (κ3) is 3.87. The van der Waals surface area contributed by atoms with Crippen LogP contribution in [0.1, 0.15) is 26.6 Å². The van der Waals surface area contributed by atoms with Crippen molar-refractivity contribution in [2.24, 2.45) is 5.73 Å². The molecule has 1 aromatic heterocycles. The van der Waals surface area contributed by atoms with Crippen LogP contribution in [0, 0.1) is 6.92 Å². The monoisotopic (exact) mass is 251 g/mol. The van der Waals surface area contributed by atoms with Crippen molar-refractivity contribution in [3.63, 3.8) is 0 Å². The van der Waals surface area contributed by atoms with Crippen molar-refractivity contribution in [3.05, 3.63) is 11.9 Å². The quantitative estimate of drug-likeness (QED) is 0.785. The van der Waals surface area contributed by atoms with Crippen LogP contribution in [0.25, 0.3) is 0 Å². The average Bonchev–Trinajstić information content (AvgIpc) is 2.24. The van der Waals surface area contributed by atoms with Crippen molar-refractivity contribution in [2.45, 2.75) is 33.7 Å². The van der Waals surface area contributed by atoms with Gasteiger partial charge < -0.3 is 16.0 Å². The molecule has 0 aliphatic carbocycles. The second-order valence-electron chi connectivity index (χ2n) is 4.38. The van der Waals surface area contributed by atoms with Gasteiger partial charge in [-0.15, -0.1) is 0 Å². The normalized spacial score (nSPS) is 10.5. The molecule has 6 nitrogen and oxygen atoms in total. The van der Waals surface area contributed by atoms with Crippen LogP contribution >= 0.6 is 0 Å². The predicted octanol–water partition coefficient (Wildman–Crippen LogP) is 0.917. The molecule has 0 unspecified atom stereocenters. The molecule has 0 atom stereocenters.